The van der Waals surface area contributed by atoms with Crippen molar-refractivity contribution in [3.8, 4) is 0 Å². The molecule has 0 saturated heterocycles. The van der Waals surface area contributed by atoms with Crippen molar-refractivity contribution in [2.75, 3.05) is 6.54 Å². The molecule has 0 radical (unpaired) electrons. The molecule has 3 aromatic rings. The molecule has 0 spiro atoms. The third kappa shape index (κ3) is 8.13. The summed E-state index contributed by atoms with van der Waals surface area (Å²) < 4.78 is 0.885. The molecule has 0 heterocycles. The SMILES string of the molecule is NC(=O)[C@@H](CCCN=C(N)N[N+](=O)[O-])N(Cc1ccc(Br)cc1)C(=O)C(c1ccccc1)c1ccccc1. The summed E-state index contributed by atoms with van der Waals surface area (Å²) in [6, 6.07) is 25.3. The number of nitrogens with zero attached hydrogens (tertiary/aromatic N) is 3. The molecule has 1 atom stereocenters. The molecule has 2 amide bonds. The molecule has 0 saturated carbocycles. The molecule has 0 aliphatic heterocycles. The minimum absolute atomic E-state index is 0.109. The van der Waals surface area contributed by atoms with Crippen LogP contribution >= 0.6 is 15.9 Å². The number of nitrogens with one attached hydrogen (secondary N) is 1. The number of guanidine groups is 1. The van der Waals surface area contributed by atoms with E-state index in [9.17, 15) is 19.7 Å². The van der Waals surface area contributed by atoms with Crippen molar-refractivity contribution in [3.63, 3.8) is 0 Å². The molecule has 38 heavy (non-hydrogen) atoms. The van der Waals surface area contributed by atoms with E-state index in [2.05, 4.69) is 20.9 Å². The van der Waals surface area contributed by atoms with Crippen LogP contribution in [0.4, 0.5) is 0 Å². The van der Waals surface area contributed by atoms with Gasteiger partial charge in [-0.1, -0.05) is 94.2 Å². The van der Waals surface area contributed by atoms with Gasteiger partial charge in [-0.3, -0.25) is 9.59 Å². The summed E-state index contributed by atoms with van der Waals surface area (Å²) in [6.45, 7) is 0.266. The first kappa shape index (κ1) is 28.3. The average Bonchev–Trinajstić information content (AvgIpc) is 2.89. The summed E-state index contributed by atoms with van der Waals surface area (Å²) in [6.07, 6.45) is 0.516. The van der Waals surface area contributed by atoms with Gasteiger partial charge in [0.1, 0.15) is 6.04 Å². The molecule has 0 fully saturated rings. The Morgan fingerprint density at radius 3 is 2.00 bits per heavy atom. The number of hydrazine groups is 1. The third-order valence-corrected chi connectivity index (χ3v) is 6.42. The highest BCUT2D eigenvalue weighted by molar-refractivity contribution is 9.10. The summed E-state index contributed by atoms with van der Waals surface area (Å²) in [5, 5.41) is 9.71. The lowest BCUT2D eigenvalue weighted by atomic mass is 9.89. The van der Waals surface area contributed by atoms with Crippen LogP contribution in [0, 0.1) is 10.1 Å². The van der Waals surface area contributed by atoms with E-state index in [0.717, 1.165) is 21.2 Å². The number of nitrogens with two attached hydrogens (primary N) is 2. The highest BCUT2D eigenvalue weighted by Gasteiger charge is 2.34. The first-order valence-electron chi connectivity index (χ1n) is 11.9. The topological polar surface area (TPSA) is 157 Å². The summed E-state index contributed by atoms with van der Waals surface area (Å²) in [5.74, 6) is -1.93. The van der Waals surface area contributed by atoms with Crippen molar-refractivity contribution in [1.82, 2.24) is 10.3 Å². The van der Waals surface area contributed by atoms with Crippen molar-refractivity contribution in [2.24, 2.45) is 16.5 Å². The van der Waals surface area contributed by atoms with Crippen LogP contribution in [-0.4, -0.2) is 40.3 Å². The van der Waals surface area contributed by atoms with Crippen LogP contribution in [0.2, 0.25) is 0 Å². The van der Waals surface area contributed by atoms with Crippen molar-refractivity contribution < 1.29 is 14.6 Å². The van der Waals surface area contributed by atoms with Crippen LogP contribution in [0.1, 0.15) is 35.4 Å². The number of aliphatic imine (C=N–C) groups is 1. The van der Waals surface area contributed by atoms with Crippen LogP contribution in [0.5, 0.6) is 0 Å². The zero-order valence-electron chi connectivity index (χ0n) is 20.6. The summed E-state index contributed by atoms with van der Waals surface area (Å²) in [5.41, 5.74) is 15.5. The van der Waals surface area contributed by atoms with Gasteiger partial charge < -0.3 is 16.4 Å². The number of hydrogen-bond acceptors (Lipinski definition) is 5. The van der Waals surface area contributed by atoms with E-state index in [4.69, 9.17) is 11.5 Å². The predicted molar refractivity (Wildman–Crippen MR) is 148 cm³/mol. The second-order valence-corrected chi connectivity index (χ2v) is 9.46. The third-order valence-electron chi connectivity index (χ3n) is 5.89. The maximum atomic E-state index is 14.3. The van der Waals surface area contributed by atoms with Crippen LogP contribution in [0.25, 0.3) is 0 Å². The van der Waals surface area contributed by atoms with Crippen LogP contribution in [-0.2, 0) is 16.1 Å². The van der Waals surface area contributed by atoms with Crippen LogP contribution in [0.3, 0.4) is 0 Å². The number of hydrogen-bond donors (Lipinski definition) is 3. The Kier molecular flexibility index (Phi) is 10.4. The lowest BCUT2D eigenvalue weighted by molar-refractivity contribution is -0.525. The van der Waals surface area contributed by atoms with Gasteiger partial charge in [0, 0.05) is 17.6 Å². The summed E-state index contributed by atoms with van der Waals surface area (Å²) in [4.78, 5) is 43.0. The molecule has 0 aliphatic rings. The van der Waals surface area contributed by atoms with Gasteiger partial charge in [-0.05, 0) is 41.7 Å². The van der Waals surface area contributed by atoms with Gasteiger partial charge in [0.15, 0.2) is 5.03 Å². The standard InChI is InChI=1S/C27H29BrN6O4/c28-22-15-13-19(14-16-22)18-33(23(25(29)35)12-7-17-31-27(30)32-34(37)38)26(36)24(20-8-3-1-4-9-20)21-10-5-2-6-11-21/h1-6,8-11,13-16,23-24H,7,12,17-18H2,(H2,29,35)(H3,30,31,32)/t23-/m1/s1. The van der Waals surface area contributed by atoms with Crippen molar-refractivity contribution >= 4 is 33.7 Å². The van der Waals surface area contributed by atoms with Gasteiger partial charge in [-0.2, -0.15) is 0 Å². The number of primary amides is 1. The minimum Gasteiger partial charge on any atom is -0.368 e. The molecule has 198 valence electrons. The molecule has 0 bridgehead atoms. The van der Waals surface area contributed by atoms with Gasteiger partial charge in [-0.15, -0.1) is 0 Å². The van der Waals surface area contributed by atoms with E-state index in [0.29, 0.717) is 6.42 Å². The lowest BCUT2D eigenvalue weighted by Crippen LogP contribution is -2.49. The average molecular weight is 581 g/mol. The highest BCUT2D eigenvalue weighted by Crippen LogP contribution is 2.29. The first-order chi connectivity index (χ1) is 18.3. The number of rotatable bonds is 12. The molecular formula is C27H29BrN6O4. The van der Waals surface area contributed by atoms with Gasteiger partial charge >= 0.3 is 0 Å². The molecule has 3 rings (SSSR count). The van der Waals surface area contributed by atoms with E-state index < -0.39 is 22.9 Å². The number of carbonyl (C=O) groups excluding carboxylic acids is 2. The second-order valence-electron chi connectivity index (χ2n) is 8.54. The first-order valence-corrected chi connectivity index (χ1v) is 12.7. The Morgan fingerprint density at radius 1 is 0.947 bits per heavy atom. The zero-order valence-corrected chi connectivity index (χ0v) is 22.2. The summed E-state index contributed by atoms with van der Waals surface area (Å²) >= 11 is 3.42. The molecule has 10 nitrogen and oxygen atoms in total. The maximum absolute atomic E-state index is 14.3. The zero-order chi connectivity index (χ0) is 27.5. The smallest absolute Gasteiger partial charge is 0.251 e. The van der Waals surface area contributed by atoms with Gasteiger partial charge in [0.05, 0.1) is 5.92 Å². The van der Waals surface area contributed by atoms with E-state index in [1.165, 1.54) is 4.90 Å². The van der Waals surface area contributed by atoms with E-state index in [-0.39, 0.29) is 31.4 Å². The number of benzene rings is 3. The molecule has 11 heteroatoms. The van der Waals surface area contributed by atoms with Crippen molar-refractivity contribution in [1.29, 1.82) is 0 Å². The minimum atomic E-state index is -0.944. The van der Waals surface area contributed by atoms with Gasteiger partial charge in [-0.25, -0.2) is 15.1 Å². The lowest BCUT2D eigenvalue weighted by Gasteiger charge is -2.33. The Labute approximate surface area is 229 Å². The molecule has 3 aromatic carbocycles. The Bertz CT molecular complexity index is 1220. The number of amides is 2. The fourth-order valence-corrected chi connectivity index (χ4v) is 4.39. The largest absolute Gasteiger partial charge is 0.368 e. The fraction of sp³-hybridized carbons (Fsp3) is 0.222. The number of carbonyl (C=O) groups is 2. The summed E-state index contributed by atoms with van der Waals surface area (Å²) in [7, 11) is 0. The van der Waals surface area contributed by atoms with Crippen molar-refractivity contribution in [2.45, 2.75) is 31.3 Å². The number of halogens is 1. The van der Waals surface area contributed by atoms with E-state index >= 15 is 0 Å². The molecule has 0 unspecified atom stereocenters. The van der Waals surface area contributed by atoms with Crippen molar-refractivity contribution in [3.05, 3.63) is 116 Å². The van der Waals surface area contributed by atoms with Crippen LogP contribution in [0.15, 0.2) is 94.4 Å². The fourth-order valence-electron chi connectivity index (χ4n) is 4.13. The Balaban J connectivity index is 1.96. The number of nitro groups is 1. The quantitative estimate of drug-likeness (QED) is 0.0979. The Morgan fingerprint density at radius 2 is 1.50 bits per heavy atom. The molecule has 0 aromatic heterocycles. The predicted octanol–water partition coefficient (Wildman–Crippen LogP) is 3.34. The normalized spacial score (nSPS) is 12.1. The second kappa shape index (κ2) is 13.9. The van der Waals surface area contributed by atoms with Crippen LogP contribution < -0.4 is 16.9 Å². The van der Waals surface area contributed by atoms with Gasteiger partial charge in [0.25, 0.3) is 5.96 Å². The van der Waals surface area contributed by atoms with Gasteiger partial charge in [0.2, 0.25) is 11.8 Å². The van der Waals surface area contributed by atoms with E-state index in [1.54, 1.807) is 5.43 Å². The van der Waals surface area contributed by atoms with E-state index in [1.807, 2.05) is 84.9 Å². The monoisotopic (exact) mass is 580 g/mol. The maximum Gasteiger partial charge on any atom is 0.251 e. The molecular weight excluding hydrogens is 552 g/mol. The Hall–Kier alpha value is -4.25. The molecule has 0 aliphatic carbocycles. The molecule has 5 N–H and O–H groups in total. The highest BCUT2D eigenvalue weighted by atomic mass is 79.9.